The number of nitrogens with zero attached hydrogens (tertiary/aromatic N) is 1. The smallest absolute Gasteiger partial charge is 0.233 e. The number of carbonyl (C=O) groups is 1. The summed E-state index contributed by atoms with van der Waals surface area (Å²) in [6.07, 6.45) is 1.02. The van der Waals surface area contributed by atoms with Crippen LogP contribution in [0.4, 0.5) is 5.88 Å². The summed E-state index contributed by atoms with van der Waals surface area (Å²) in [7, 11) is 3.15. The van der Waals surface area contributed by atoms with Gasteiger partial charge < -0.3 is 24.4 Å². The van der Waals surface area contributed by atoms with E-state index in [1.54, 1.807) is 19.2 Å². The molecule has 1 aliphatic heterocycles. The van der Waals surface area contributed by atoms with Gasteiger partial charge in [-0.2, -0.15) is 0 Å². The number of phenolic OH excluding ortho intramolecular Hbond substituents is 1. The minimum absolute atomic E-state index is 0.0367. The van der Waals surface area contributed by atoms with Crippen molar-refractivity contribution in [2.24, 2.45) is 0 Å². The molecule has 5 rings (SSSR count). The number of hydrogen-bond donors (Lipinski definition) is 2. The second kappa shape index (κ2) is 7.75. The number of hydrogen-bond acceptors (Lipinski definition) is 7. The zero-order valence-corrected chi connectivity index (χ0v) is 18.1. The molecule has 0 bridgehead atoms. The first kappa shape index (κ1) is 20.2. The molecule has 0 fully saturated rings. The molecule has 32 heavy (non-hydrogen) atoms. The Kier molecular flexibility index (Phi) is 4.89. The number of rotatable bonds is 4. The molecule has 2 aromatic carbocycles. The molecule has 0 saturated carbocycles. The van der Waals surface area contributed by atoms with Gasteiger partial charge in [-0.15, -0.1) is 0 Å². The Bertz CT molecular complexity index is 1230. The van der Waals surface area contributed by atoms with E-state index in [2.05, 4.69) is 10.5 Å². The Balaban J connectivity index is 1.58. The molecule has 0 spiro atoms. The average Bonchev–Trinajstić information content (AvgIpc) is 3.18. The number of carbonyl (C=O) groups excluding carboxylic acids is 1. The van der Waals surface area contributed by atoms with Gasteiger partial charge in [0.05, 0.1) is 25.5 Å². The Hall–Kier alpha value is -3.74. The van der Waals surface area contributed by atoms with Crippen LogP contribution in [0.1, 0.15) is 47.1 Å². The third-order valence-corrected chi connectivity index (χ3v) is 6.38. The van der Waals surface area contributed by atoms with Gasteiger partial charge in [0.2, 0.25) is 5.88 Å². The van der Waals surface area contributed by atoms with Gasteiger partial charge in [-0.05, 0) is 54.7 Å². The molecule has 7 heteroatoms. The van der Waals surface area contributed by atoms with E-state index >= 15 is 0 Å². The molecule has 0 unspecified atom stereocenters. The highest BCUT2D eigenvalue weighted by Crippen LogP contribution is 2.49. The Morgan fingerprint density at radius 3 is 2.53 bits per heavy atom. The number of aromatic hydroxyl groups is 1. The number of ether oxygens (including phenoxy) is 2. The molecule has 2 heterocycles. The molecule has 7 nitrogen and oxygen atoms in total. The zero-order valence-electron chi connectivity index (χ0n) is 18.1. The summed E-state index contributed by atoms with van der Waals surface area (Å²) in [5, 5.41) is 17.4. The number of aromatic nitrogens is 1. The van der Waals surface area contributed by atoms with Crippen LogP contribution in [0.25, 0.3) is 0 Å². The van der Waals surface area contributed by atoms with Crippen molar-refractivity contribution in [1.82, 2.24) is 5.16 Å². The molecule has 0 saturated heterocycles. The maximum absolute atomic E-state index is 13.5. The van der Waals surface area contributed by atoms with Crippen molar-refractivity contribution < 1.29 is 23.9 Å². The van der Waals surface area contributed by atoms with Crippen molar-refractivity contribution in [2.45, 2.75) is 31.6 Å². The number of phenols is 1. The number of aryl methyl sites for hydroxylation is 1. The average molecular weight is 432 g/mol. The fraction of sp³-hybridized carbons (Fsp3) is 0.280. The summed E-state index contributed by atoms with van der Waals surface area (Å²) >= 11 is 0. The molecule has 2 atom stereocenters. The first-order valence-corrected chi connectivity index (χ1v) is 10.5. The molecular weight excluding hydrogens is 408 g/mol. The lowest BCUT2D eigenvalue weighted by atomic mass is 9.72. The van der Waals surface area contributed by atoms with Crippen LogP contribution in [-0.4, -0.2) is 30.3 Å². The predicted molar refractivity (Wildman–Crippen MR) is 118 cm³/mol. The van der Waals surface area contributed by atoms with Crippen LogP contribution in [0.3, 0.4) is 0 Å². The number of methoxy groups -OCH3 is 2. The number of fused-ring (bicyclic) bond motifs is 1. The second-order valence-corrected chi connectivity index (χ2v) is 8.19. The van der Waals surface area contributed by atoms with Crippen LogP contribution >= 0.6 is 0 Å². The number of nitrogens with one attached hydrogen (secondary N) is 1. The summed E-state index contributed by atoms with van der Waals surface area (Å²) in [5.41, 5.74) is 5.20. The summed E-state index contributed by atoms with van der Waals surface area (Å²) in [4.78, 5) is 13.5. The van der Waals surface area contributed by atoms with Crippen molar-refractivity contribution in [2.75, 3.05) is 19.5 Å². The van der Waals surface area contributed by atoms with Crippen molar-refractivity contribution in [3.63, 3.8) is 0 Å². The van der Waals surface area contributed by atoms with E-state index in [4.69, 9.17) is 14.0 Å². The molecule has 1 aliphatic carbocycles. The second-order valence-electron chi connectivity index (χ2n) is 8.19. The normalized spacial score (nSPS) is 19.8. The van der Waals surface area contributed by atoms with Crippen molar-refractivity contribution in [3.8, 4) is 17.2 Å². The lowest BCUT2D eigenvalue weighted by Gasteiger charge is -2.34. The summed E-state index contributed by atoms with van der Waals surface area (Å²) in [5.74, 6) is 1.62. The Morgan fingerprint density at radius 1 is 1.06 bits per heavy atom. The quantitative estimate of drug-likeness (QED) is 0.619. The van der Waals surface area contributed by atoms with E-state index in [1.807, 2.05) is 37.3 Å². The van der Waals surface area contributed by atoms with Gasteiger partial charge in [-0.1, -0.05) is 23.4 Å². The summed E-state index contributed by atoms with van der Waals surface area (Å²) < 4.78 is 16.1. The van der Waals surface area contributed by atoms with Crippen LogP contribution in [0.2, 0.25) is 0 Å². The third kappa shape index (κ3) is 3.21. The molecule has 3 aromatic rings. The monoisotopic (exact) mass is 432 g/mol. The van der Waals surface area contributed by atoms with Gasteiger partial charge in [-0.3, -0.25) is 4.79 Å². The lowest BCUT2D eigenvalue weighted by Crippen LogP contribution is -2.29. The molecule has 2 aliphatic rings. The number of benzene rings is 2. The summed E-state index contributed by atoms with van der Waals surface area (Å²) in [6, 6.07) is 13.0. The van der Waals surface area contributed by atoms with Crippen molar-refractivity contribution in [3.05, 3.63) is 76.1 Å². The van der Waals surface area contributed by atoms with Gasteiger partial charge in [0, 0.05) is 23.6 Å². The minimum atomic E-state index is -0.249. The maximum atomic E-state index is 13.5. The van der Waals surface area contributed by atoms with Crippen molar-refractivity contribution >= 4 is 11.7 Å². The van der Waals surface area contributed by atoms with Gasteiger partial charge in [0.1, 0.15) is 5.75 Å². The maximum Gasteiger partial charge on any atom is 0.233 e. The molecule has 2 N–H and O–H groups in total. The van der Waals surface area contributed by atoms with Gasteiger partial charge in [-0.25, -0.2) is 0 Å². The lowest BCUT2D eigenvalue weighted by molar-refractivity contribution is -0.116. The number of allylic oxidation sites excluding steroid dienone is 2. The highest BCUT2D eigenvalue weighted by molar-refractivity contribution is 6.01. The molecular formula is C25H24N2O5. The van der Waals surface area contributed by atoms with E-state index in [0.29, 0.717) is 24.5 Å². The van der Waals surface area contributed by atoms with Crippen LogP contribution in [0.15, 0.2) is 58.3 Å². The van der Waals surface area contributed by atoms with Crippen LogP contribution in [0.5, 0.6) is 17.2 Å². The standard InChI is InChI=1S/C25H24N2O5/c1-13-22-23(14-4-7-17(30-2)8-5-14)24-18(26-25(22)32-27-13)10-16(11-20(24)29)15-6-9-19(28)21(12-15)31-3/h4-9,12,16,23,26,28H,10-11H2,1-3H3/t16-,23+/m0/s1. The van der Waals surface area contributed by atoms with E-state index in [1.165, 1.54) is 7.11 Å². The van der Waals surface area contributed by atoms with Crippen LogP contribution in [-0.2, 0) is 4.79 Å². The van der Waals surface area contributed by atoms with Crippen molar-refractivity contribution in [1.29, 1.82) is 0 Å². The predicted octanol–water partition coefficient (Wildman–Crippen LogP) is 4.66. The van der Waals surface area contributed by atoms with E-state index in [0.717, 1.165) is 39.4 Å². The van der Waals surface area contributed by atoms with Crippen LogP contribution in [0, 0.1) is 6.92 Å². The fourth-order valence-corrected chi connectivity index (χ4v) is 4.79. The number of ketones is 1. The molecule has 0 radical (unpaired) electrons. The van der Waals surface area contributed by atoms with Crippen LogP contribution < -0.4 is 14.8 Å². The van der Waals surface area contributed by atoms with Gasteiger partial charge >= 0.3 is 0 Å². The number of anilines is 1. The van der Waals surface area contributed by atoms with E-state index in [9.17, 15) is 9.90 Å². The first-order valence-electron chi connectivity index (χ1n) is 10.5. The highest BCUT2D eigenvalue weighted by Gasteiger charge is 2.41. The zero-order chi connectivity index (χ0) is 22.4. The largest absolute Gasteiger partial charge is 0.504 e. The molecule has 1 aromatic heterocycles. The SMILES string of the molecule is COc1ccc([C@H]2C3=C(C[C@H](c4ccc(O)c(OC)c4)CC3=O)Nc3onc(C)c32)cc1. The van der Waals surface area contributed by atoms with E-state index < -0.39 is 0 Å². The summed E-state index contributed by atoms with van der Waals surface area (Å²) in [6.45, 7) is 1.89. The third-order valence-electron chi connectivity index (χ3n) is 6.38. The first-order chi connectivity index (χ1) is 15.5. The van der Waals surface area contributed by atoms with Gasteiger partial charge in [0.15, 0.2) is 17.3 Å². The molecule has 164 valence electrons. The highest BCUT2D eigenvalue weighted by atomic mass is 16.5. The number of Topliss-reactive ketones (excluding diaryl/α,β-unsaturated/α-hetero) is 1. The molecule has 0 amide bonds. The van der Waals surface area contributed by atoms with E-state index in [-0.39, 0.29) is 23.4 Å². The minimum Gasteiger partial charge on any atom is -0.504 e. The fourth-order valence-electron chi connectivity index (χ4n) is 4.79. The topological polar surface area (TPSA) is 93.8 Å². The van der Waals surface area contributed by atoms with Gasteiger partial charge in [0.25, 0.3) is 0 Å². The Labute approximate surface area is 185 Å². The Morgan fingerprint density at radius 2 is 1.81 bits per heavy atom.